The first-order valence-electron chi connectivity index (χ1n) is 9.50. The predicted octanol–water partition coefficient (Wildman–Crippen LogP) is 3.50. The fourth-order valence-corrected chi connectivity index (χ4v) is 5.37. The van der Waals surface area contributed by atoms with Crippen molar-refractivity contribution in [1.82, 2.24) is 14.9 Å². The maximum atomic E-state index is 13.1. The number of halogens is 1. The summed E-state index contributed by atoms with van der Waals surface area (Å²) >= 11 is 7.59. The number of amides is 1. The van der Waals surface area contributed by atoms with Crippen LogP contribution in [0, 0.1) is 13.8 Å². The van der Waals surface area contributed by atoms with Gasteiger partial charge in [0.25, 0.3) is 5.91 Å². The number of aromatic nitrogens is 2. The van der Waals surface area contributed by atoms with Crippen molar-refractivity contribution >= 4 is 39.9 Å². The molecule has 150 valence electrons. The summed E-state index contributed by atoms with van der Waals surface area (Å²) < 4.78 is 0. The molecule has 0 atom stereocenters. The van der Waals surface area contributed by atoms with Crippen molar-refractivity contribution in [1.29, 1.82) is 0 Å². The molecule has 2 aliphatic heterocycles. The second-order valence-corrected chi connectivity index (χ2v) is 8.81. The highest BCUT2D eigenvalue weighted by Gasteiger charge is 2.33. The molecule has 9 heteroatoms. The third-order valence-electron chi connectivity index (χ3n) is 5.66. The highest BCUT2D eigenvalue weighted by Crippen LogP contribution is 2.32. The fourth-order valence-electron chi connectivity index (χ4n) is 4.18. The third-order valence-corrected chi connectivity index (χ3v) is 7.38. The molecule has 2 aliphatic rings. The summed E-state index contributed by atoms with van der Waals surface area (Å²) in [5.74, 6) is -0.888. The van der Waals surface area contributed by atoms with Gasteiger partial charge in [0.15, 0.2) is 5.13 Å². The molecule has 0 spiro atoms. The number of carbonyl (C=O) groups is 2. The fraction of sp³-hybridized carbons (Fsp3) is 0.526. The Balaban J connectivity index is 1.47. The number of thiazole rings is 1. The van der Waals surface area contributed by atoms with Crippen molar-refractivity contribution < 1.29 is 14.7 Å². The molecule has 0 radical (unpaired) electrons. The molecule has 0 unspecified atom stereocenters. The number of fused-ring (bicyclic) bond motifs is 1. The van der Waals surface area contributed by atoms with Gasteiger partial charge in [-0.1, -0.05) is 22.9 Å². The number of piperidine rings is 1. The Morgan fingerprint density at radius 2 is 2.00 bits per heavy atom. The third kappa shape index (κ3) is 3.28. The molecule has 0 aromatic carbocycles. The second-order valence-electron chi connectivity index (χ2n) is 7.45. The number of hydrogen-bond donors (Lipinski definition) is 2. The van der Waals surface area contributed by atoms with Crippen molar-refractivity contribution in [3.05, 3.63) is 32.5 Å². The topological polar surface area (TPSA) is 89.5 Å². The molecule has 1 saturated heterocycles. The van der Waals surface area contributed by atoms with E-state index in [9.17, 15) is 14.7 Å². The summed E-state index contributed by atoms with van der Waals surface area (Å²) in [6.45, 7) is 5.89. The molecule has 2 aromatic heterocycles. The standard InChI is InChI=1S/C19H23ClN4O3S/c1-10-14(20)13-4-3-7-24(17(25)15(13)21-10)12-5-8-23(9-6-12)19-22-11(2)16(28-19)18(26)27/h12,21H,3-9H2,1-2H3,(H,26,27). The van der Waals surface area contributed by atoms with Crippen molar-refractivity contribution in [3.8, 4) is 0 Å². The van der Waals surface area contributed by atoms with Gasteiger partial charge in [-0.3, -0.25) is 4.79 Å². The highest BCUT2D eigenvalue weighted by atomic mass is 35.5. The number of H-pyrrole nitrogens is 1. The number of aromatic amines is 1. The molecular weight excluding hydrogens is 400 g/mol. The van der Waals surface area contributed by atoms with Gasteiger partial charge >= 0.3 is 5.97 Å². The molecular formula is C19H23ClN4O3S. The summed E-state index contributed by atoms with van der Waals surface area (Å²) in [4.78, 5) is 36.4. The zero-order chi connectivity index (χ0) is 20.0. The van der Waals surface area contributed by atoms with Crippen LogP contribution in [0.4, 0.5) is 5.13 Å². The molecule has 2 aromatic rings. The van der Waals surface area contributed by atoms with Crippen LogP contribution in [0.1, 0.15) is 56.4 Å². The number of hydrogen-bond acceptors (Lipinski definition) is 5. The zero-order valence-corrected chi connectivity index (χ0v) is 17.5. The quantitative estimate of drug-likeness (QED) is 0.790. The lowest BCUT2D eigenvalue weighted by atomic mass is 10.0. The summed E-state index contributed by atoms with van der Waals surface area (Å²) in [6, 6.07) is 0.178. The van der Waals surface area contributed by atoms with Gasteiger partial charge in [-0.05, 0) is 39.5 Å². The molecule has 0 aliphatic carbocycles. The second kappa shape index (κ2) is 7.40. The summed E-state index contributed by atoms with van der Waals surface area (Å²) in [5.41, 5.74) is 3.00. The Bertz CT molecular complexity index is 930. The largest absolute Gasteiger partial charge is 0.477 e. The molecule has 4 rings (SSSR count). The van der Waals surface area contributed by atoms with Crippen LogP contribution in [0.5, 0.6) is 0 Å². The van der Waals surface area contributed by atoms with Crippen molar-refractivity contribution in [2.45, 2.75) is 45.6 Å². The smallest absolute Gasteiger partial charge is 0.347 e. The van der Waals surface area contributed by atoms with E-state index < -0.39 is 5.97 Å². The number of aryl methyl sites for hydroxylation is 2. The average molecular weight is 423 g/mol. The summed E-state index contributed by atoms with van der Waals surface area (Å²) in [6.07, 6.45) is 3.41. The Morgan fingerprint density at radius 1 is 1.29 bits per heavy atom. The van der Waals surface area contributed by atoms with Gasteiger partial charge in [0.2, 0.25) is 0 Å². The Kier molecular flexibility index (Phi) is 5.09. The summed E-state index contributed by atoms with van der Waals surface area (Å²) in [7, 11) is 0. The van der Waals surface area contributed by atoms with E-state index in [1.54, 1.807) is 6.92 Å². The van der Waals surface area contributed by atoms with Gasteiger partial charge < -0.3 is 19.9 Å². The zero-order valence-electron chi connectivity index (χ0n) is 15.9. The van der Waals surface area contributed by atoms with E-state index in [0.29, 0.717) is 21.3 Å². The monoisotopic (exact) mass is 422 g/mol. The number of nitrogens with zero attached hydrogens (tertiary/aromatic N) is 3. The van der Waals surface area contributed by atoms with Crippen LogP contribution in [0.3, 0.4) is 0 Å². The van der Waals surface area contributed by atoms with Crippen molar-refractivity contribution in [2.75, 3.05) is 24.5 Å². The molecule has 2 N–H and O–H groups in total. The SMILES string of the molecule is Cc1nc(N2CCC(N3CCCc4c([nH]c(C)c4Cl)C3=O)CC2)sc1C(=O)O. The van der Waals surface area contributed by atoms with E-state index >= 15 is 0 Å². The van der Waals surface area contributed by atoms with Crippen molar-refractivity contribution in [3.63, 3.8) is 0 Å². The normalized spacial score (nSPS) is 18.3. The van der Waals surface area contributed by atoms with Crippen LogP contribution in [-0.2, 0) is 6.42 Å². The Hall–Kier alpha value is -2.06. The first-order chi connectivity index (χ1) is 13.4. The van der Waals surface area contributed by atoms with Gasteiger partial charge in [0, 0.05) is 36.9 Å². The number of rotatable bonds is 3. The van der Waals surface area contributed by atoms with E-state index in [2.05, 4.69) is 14.9 Å². The van der Waals surface area contributed by atoms with Gasteiger partial charge in [-0.15, -0.1) is 0 Å². The number of carboxylic acids is 1. The van der Waals surface area contributed by atoms with E-state index in [1.165, 1.54) is 11.3 Å². The van der Waals surface area contributed by atoms with E-state index in [4.69, 9.17) is 11.6 Å². The van der Waals surface area contributed by atoms with Crippen molar-refractivity contribution in [2.24, 2.45) is 0 Å². The number of anilines is 1. The molecule has 1 fully saturated rings. The molecule has 0 saturated carbocycles. The molecule has 28 heavy (non-hydrogen) atoms. The van der Waals surface area contributed by atoms with Crippen LogP contribution in [0.25, 0.3) is 0 Å². The number of carbonyl (C=O) groups excluding carboxylic acids is 1. The molecule has 4 heterocycles. The summed E-state index contributed by atoms with van der Waals surface area (Å²) in [5, 5.41) is 10.7. The molecule has 7 nitrogen and oxygen atoms in total. The molecule has 0 bridgehead atoms. The Morgan fingerprint density at radius 3 is 2.64 bits per heavy atom. The first kappa shape index (κ1) is 19.3. The van der Waals surface area contributed by atoms with Gasteiger partial charge in [-0.25, -0.2) is 9.78 Å². The minimum Gasteiger partial charge on any atom is -0.477 e. The van der Waals surface area contributed by atoms with Gasteiger partial charge in [0.05, 0.1) is 10.7 Å². The van der Waals surface area contributed by atoms with Gasteiger partial charge in [0.1, 0.15) is 10.6 Å². The van der Waals surface area contributed by atoms with Crippen LogP contribution in [0.2, 0.25) is 5.02 Å². The lowest BCUT2D eigenvalue weighted by molar-refractivity contribution is 0.0649. The van der Waals surface area contributed by atoms with Crippen LogP contribution < -0.4 is 4.90 Å². The van der Waals surface area contributed by atoms with Crippen LogP contribution in [-0.4, -0.2) is 57.5 Å². The number of carboxylic acid groups (broad SMARTS) is 1. The molecule has 1 amide bonds. The van der Waals surface area contributed by atoms with E-state index in [1.807, 2.05) is 11.8 Å². The minimum atomic E-state index is -0.929. The lowest BCUT2D eigenvalue weighted by Gasteiger charge is -2.38. The maximum Gasteiger partial charge on any atom is 0.347 e. The Labute approximate surface area is 172 Å². The number of nitrogens with one attached hydrogen (secondary N) is 1. The van der Waals surface area contributed by atoms with Crippen LogP contribution in [0.15, 0.2) is 0 Å². The minimum absolute atomic E-state index is 0.0409. The van der Waals surface area contributed by atoms with Gasteiger partial charge in [-0.2, -0.15) is 0 Å². The van der Waals surface area contributed by atoms with E-state index in [0.717, 1.165) is 61.7 Å². The predicted molar refractivity (Wildman–Crippen MR) is 109 cm³/mol. The number of aromatic carboxylic acids is 1. The average Bonchev–Trinajstić information content (AvgIpc) is 3.14. The van der Waals surface area contributed by atoms with E-state index in [-0.39, 0.29) is 11.9 Å². The lowest BCUT2D eigenvalue weighted by Crippen LogP contribution is -2.47. The maximum absolute atomic E-state index is 13.1. The van der Waals surface area contributed by atoms with Crippen LogP contribution >= 0.6 is 22.9 Å². The first-order valence-corrected chi connectivity index (χ1v) is 10.7. The highest BCUT2D eigenvalue weighted by molar-refractivity contribution is 7.17.